The number of thiocarbonyl (C=S) groups is 1. The molecule has 1 aliphatic heterocycles. The zero-order valence-corrected chi connectivity index (χ0v) is 12.8. The van der Waals surface area contributed by atoms with Crippen molar-refractivity contribution >= 4 is 23.2 Å². The molecule has 0 bridgehead atoms. The molecule has 0 fully saturated rings. The second kappa shape index (κ2) is 6.01. The van der Waals surface area contributed by atoms with Crippen molar-refractivity contribution in [2.45, 2.75) is 13.0 Å². The SMILES string of the molecule is CNC(=O)C1=C(C)NC(=S)N[C@@H]1c1ccc(O)c(OC)c1. The average molecular weight is 307 g/mol. The summed E-state index contributed by atoms with van der Waals surface area (Å²) in [6.07, 6.45) is 0. The molecule has 2 rings (SSSR count). The van der Waals surface area contributed by atoms with Gasteiger partial charge in [-0.1, -0.05) is 6.07 Å². The summed E-state index contributed by atoms with van der Waals surface area (Å²) in [6.45, 7) is 1.79. The maximum absolute atomic E-state index is 12.1. The molecular weight excluding hydrogens is 290 g/mol. The van der Waals surface area contributed by atoms with E-state index in [1.54, 1.807) is 26.1 Å². The minimum Gasteiger partial charge on any atom is -0.504 e. The second-order valence-corrected chi connectivity index (χ2v) is 4.99. The molecule has 0 aromatic heterocycles. The largest absolute Gasteiger partial charge is 0.504 e. The molecule has 1 amide bonds. The Bertz CT molecular complexity index is 628. The fourth-order valence-electron chi connectivity index (χ4n) is 2.25. The van der Waals surface area contributed by atoms with Gasteiger partial charge in [0.2, 0.25) is 0 Å². The van der Waals surface area contributed by atoms with E-state index in [0.29, 0.717) is 22.1 Å². The van der Waals surface area contributed by atoms with E-state index in [1.165, 1.54) is 13.2 Å². The molecule has 6 nitrogen and oxygen atoms in total. The molecule has 0 radical (unpaired) electrons. The number of benzene rings is 1. The van der Waals surface area contributed by atoms with Crippen molar-refractivity contribution in [3.05, 3.63) is 35.0 Å². The number of phenolic OH excluding ortho intramolecular Hbond substituents is 1. The van der Waals surface area contributed by atoms with Gasteiger partial charge < -0.3 is 25.8 Å². The third-order valence-electron chi connectivity index (χ3n) is 3.28. The first-order valence-corrected chi connectivity index (χ1v) is 6.76. The van der Waals surface area contributed by atoms with Crippen LogP contribution in [0, 0.1) is 0 Å². The zero-order chi connectivity index (χ0) is 15.6. The number of hydrogen-bond donors (Lipinski definition) is 4. The van der Waals surface area contributed by atoms with E-state index < -0.39 is 6.04 Å². The molecule has 0 saturated heterocycles. The quantitative estimate of drug-likeness (QED) is 0.622. The Hall–Kier alpha value is -2.28. The molecule has 1 aromatic carbocycles. The van der Waals surface area contributed by atoms with Crippen LogP contribution in [-0.2, 0) is 4.79 Å². The number of methoxy groups -OCH3 is 1. The lowest BCUT2D eigenvalue weighted by Crippen LogP contribution is -2.46. The van der Waals surface area contributed by atoms with Crippen molar-refractivity contribution in [2.75, 3.05) is 14.2 Å². The molecule has 4 N–H and O–H groups in total. The number of nitrogens with one attached hydrogen (secondary N) is 3. The standard InChI is InChI=1S/C14H17N3O3S/c1-7-11(13(19)15-2)12(17-14(21)16-7)8-4-5-9(18)10(6-8)20-3/h4-6,12,18H,1-3H3,(H,15,19)(H2,16,17,21)/t12-/m1/s1. The monoisotopic (exact) mass is 307 g/mol. The molecule has 1 atom stereocenters. The van der Waals surface area contributed by atoms with E-state index in [4.69, 9.17) is 17.0 Å². The van der Waals surface area contributed by atoms with Gasteiger partial charge in [0.25, 0.3) is 5.91 Å². The van der Waals surface area contributed by atoms with Gasteiger partial charge in [0, 0.05) is 12.7 Å². The van der Waals surface area contributed by atoms with Gasteiger partial charge in [-0.2, -0.15) is 0 Å². The Balaban J connectivity index is 2.51. The summed E-state index contributed by atoms with van der Waals surface area (Å²) in [5.74, 6) is 0.180. The summed E-state index contributed by atoms with van der Waals surface area (Å²) in [6, 6.07) is 4.52. The lowest BCUT2D eigenvalue weighted by molar-refractivity contribution is -0.117. The summed E-state index contributed by atoms with van der Waals surface area (Å²) >= 11 is 5.15. The smallest absolute Gasteiger partial charge is 0.251 e. The molecule has 1 aromatic rings. The van der Waals surface area contributed by atoms with E-state index in [9.17, 15) is 9.90 Å². The van der Waals surface area contributed by atoms with Crippen molar-refractivity contribution in [1.29, 1.82) is 0 Å². The Morgan fingerprint density at radius 2 is 2.19 bits per heavy atom. The third-order valence-corrected chi connectivity index (χ3v) is 3.50. The summed E-state index contributed by atoms with van der Waals surface area (Å²) in [5, 5.41) is 18.8. The lowest BCUT2D eigenvalue weighted by Gasteiger charge is -2.30. The molecule has 0 unspecified atom stereocenters. The van der Waals surface area contributed by atoms with Gasteiger partial charge >= 0.3 is 0 Å². The summed E-state index contributed by atoms with van der Waals surface area (Å²) in [5.41, 5.74) is 2.00. The maximum atomic E-state index is 12.1. The topological polar surface area (TPSA) is 82.6 Å². The Morgan fingerprint density at radius 3 is 2.81 bits per heavy atom. The van der Waals surface area contributed by atoms with Crippen molar-refractivity contribution in [3.63, 3.8) is 0 Å². The molecule has 0 aliphatic carbocycles. The van der Waals surface area contributed by atoms with Crippen molar-refractivity contribution in [1.82, 2.24) is 16.0 Å². The van der Waals surface area contributed by atoms with Crippen LogP contribution in [0.4, 0.5) is 0 Å². The van der Waals surface area contributed by atoms with Crippen LogP contribution in [0.2, 0.25) is 0 Å². The zero-order valence-electron chi connectivity index (χ0n) is 12.0. The highest BCUT2D eigenvalue weighted by molar-refractivity contribution is 7.80. The van der Waals surface area contributed by atoms with Gasteiger partial charge in [0.1, 0.15) is 0 Å². The minimum absolute atomic E-state index is 0.0416. The van der Waals surface area contributed by atoms with Crippen molar-refractivity contribution in [2.24, 2.45) is 0 Å². The minimum atomic E-state index is -0.409. The number of carbonyl (C=O) groups excluding carboxylic acids is 1. The average Bonchev–Trinajstić information content (AvgIpc) is 2.46. The highest BCUT2D eigenvalue weighted by Gasteiger charge is 2.29. The number of phenols is 1. The van der Waals surface area contributed by atoms with Gasteiger partial charge in [0.05, 0.1) is 18.7 Å². The number of ether oxygens (including phenoxy) is 1. The molecule has 21 heavy (non-hydrogen) atoms. The fraction of sp³-hybridized carbons (Fsp3) is 0.286. The first kappa shape index (κ1) is 15.1. The first-order chi connectivity index (χ1) is 9.97. The fourth-order valence-corrected chi connectivity index (χ4v) is 2.52. The van der Waals surface area contributed by atoms with E-state index in [1.807, 2.05) is 0 Å². The number of carbonyl (C=O) groups is 1. The normalized spacial score (nSPS) is 17.9. The van der Waals surface area contributed by atoms with E-state index in [-0.39, 0.29) is 11.7 Å². The molecular formula is C14H17N3O3S. The van der Waals surface area contributed by atoms with Gasteiger partial charge in [-0.05, 0) is 36.8 Å². The van der Waals surface area contributed by atoms with Crippen molar-refractivity contribution < 1.29 is 14.6 Å². The van der Waals surface area contributed by atoms with Gasteiger partial charge in [-0.25, -0.2) is 0 Å². The Morgan fingerprint density at radius 1 is 1.48 bits per heavy atom. The summed E-state index contributed by atoms with van der Waals surface area (Å²) in [7, 11) is 3.05. The van der Waals surface area contributed by atoms with Crippen LogP contribution < -0.4 is 20.7 Å². The van der Waals surface area contributed by atoms with E-state index >= 15 is 0 Å². The first-order valence-electron chi connectivity index (χ1n) is 6.35. The maximum Gasteiger partial charge on any atom is 0.251 e. The molecule has 112 valence electrons. The van der Waals surface area contributed by atoms with Crippen LogP contribution in [0.15, 0.2) is 29.5 Å². The highest BCUT2D eigenvalue weighted by Crippen LogP contribution is 2.33. The Labute approximate surface area is 128 Å². The van der Waals surface area contributed by atoms with Crippen molar-refractivity contribution in [3.8, 4) is 11.5 Å². The molecule has 1 heterocycles. The number of aromatic hydroxyl groups is 1. The van der Waals surface area contributed by atoms with Crippen LogP contribution in [-0.4, -0.2) is 30.3 Å². The molecule has 7 heteroatoms. The predicted molar refractivity (Wildman–Crippen MR) is 83.0 cm³/mol. The number of amides is 1. The molecule has 1 aliphatic rings. The van der Waals surface area contributed by atoms with Crippen LogP contribution in [0.3, 0.4) is 0 Å². The number of likely N-dealkylation sites (N-methyl/N-ethyl adjacent to an activating group) is 1. The lowest BCUT2D eigenvalue weighted by atomic mass is 9.94. The van der Waals surface area contributed by atoms with E-state index in [2.05, 4.69) is 16.0 Å². The summed E-state index contributed by atoms with van der Waals surface area (Å²) < 4.78 is 5.11. The predicted octanol–water partition coefficient (Wildman–Crippen LogP) is 0.940. The Kier molecular flexibility index (Phi) is 4.32. The molecule has 0 saturated carbocycles. The van der Waals surface area contributed by atoms with Crippen LogP contribution in [0.25, 0.3) is 0 Å². The van der Waals surface area contributed by atoms with Crippen LogP contribution in [0.5, 0.6) is 11.5 Å². The summed E-state index contributed by atoms with van der Waals surface area (Å²) in [4.78, 5) is 12.1. The second-order valence-electron chi connectivity index (χ2n) is 4.58. The van der Waals surface area contributed by atoms with Gasteiger partial charge in [-0.3, -0.25) is 4.79 Å². The molecule has 0 spiro atoms. The van der Waals surface area contributed by atoms with Gasteiger partial charge in [0.15, 0.2) is 16.6 Å². The van der Waals surface area contributed by atoms with Crippen LogP contribution >= 0.6 is 12.2 Å². The number of allylic oxidation sites excluding steroid dienone is 1. The number of hydrogen-bond acceptors (Lipinski definition) is 4. The highest BCUT2D eigenvalue weighted by atomic mass is 32.1. The van der Waals surface area contributed by atoms with Crippen LogP contribution in [0.1, 0.15) is 18.5 Å². The number of rotatable bonds is 3. The van der Waals surface area contributed by atoms with E-state index in [0.717, 1.165) is 5.56 Å². The van der Waals surface area contributed by atoms with Gasteiger partial charge in [-0.15, -0.1) is 0 Å². The third kappa shape index (κ3) is 2.92.